The third kappa shape index (κ3) is 2.92. The fraction of sp³-hybridized carbons (Fsp3) is 0.125. The van der Waals surface area contributed by atoms with Crippen LogP contribution in [0.5, 0.6) is 5.88 Å². The zero-order chi connectivity index (χ0) is 18.6. The molecule has 10 heteroatoms. The number of halogens is 4. The van der Waals surface area contributed by atoms with Crippen LogP contribution >= 0.6 is 62.1 Å². The van der Waals surface area contributed by atoms with Gasteiger partial charge in [-0.1, -0.05) is 34.8 Å². The van der Waals surface area contributed by atoms with Gasteiger partial charge in [0.15, 0.2) is 0 Å². The third-order valence-corrected chi connectivity index (χ3v) is 7.36. The quantitative estimate of drug-likeness (QED) is 0.414. The molecule has 3 aromatic rings. The molecule has 0 spiro atoms. The fourth-order valence-electron chi connectivity index (χ4n) is 2.96. The van der Waals surface area contributed by atoms with Crippen LogP contribution in [0.4, 0.5) is 4.79 Å². The SMILES string of the molecule is O=C(O)Oc1nn(-c2ccc(Cl)cc2Cl)c2c1CCc1c-2sc(Cl)c1Br. The van der Waals surface area contributed by atoms with E-state index in [4.69, 9.17) is 44.6 Å². The molecule has 0 saturated heterocycles. The molecule has 0 radical (unpaired) electrons. The minimum atomic E-state index is -1.42. The van der Waals surface area contributed by atoms with Crippen molar-refractivity contribution in [1.29, 1.82) is 0 Å². The molecule has 26 heavy (non-hydrogen) atoms. The van der Waals surface area contributed by atoms with Crippen LogP contribution in [0.1, 0.15) is 11.1 Å². The maximum Gasteiger partial charge on any atom is 0.512 e. The Kier molecular flexibility index (Phi) is 4.69. The molecule has 5 nitrogen and oxygen atoms in total. The van der Waals surface area contributed by atoms with Crippen LogP contribution in [0.15, 0.2) is 22.7 Å². The largest absolute Gasteiger partial charge is 0.512 e. The zero-order valence-electron chi connectivity index (χ0n) is 12.7. The van der Waals surface area contributed by atoms with Gasteiger partial charge < -0.3 is 9.84 Å². The number of thiophene rings is 1. The first-order valence-electron chi connectivity index (χ1n) is 7.32. The molecular formula is C16H8BrCl3N2O3S. The molecule has 4 rings (SSSR count). The molecule has 1 aromatic carbocycles. The predicted molar refractivity (Wildman–Crippen MR) is 106 cm³/mol. The number of fused-ring (bicyclic) bond motifs is 3. The van der Waals surface area contributed by atoms with Crippen molar-refractivity contribution in [2.45, 2.75) is 12.8 Å². The van der Waals surface area contributed by atoms with Gasteiger partial charge in [-0.05, 0) is 52.5 Å². The highest BCUT2D eigenvalue weighted by atomic mass is 79.9. The first-order chi connectivity index (χ1) is 12.4. The van der Waals surface area contributed by atoms with E-state index in [1.165, 1.54) is 11.3 Å². The Bertz CT molecular complexity index is 1060. The van der Waals surface area contributed by atoms with E-state index >= 15 is 0 Å². The maximum absolute atomic E-state index is 11.1. The number of aromatic nitrogens is 2. The topological polar surface area (TPSA) is 64.3 Å². The van der Waals surface area contributed by atoms with Crippen LogP contribution in [0.3, 0.4) is 0 Å². The van der Waals surface area contributed by atoms with Crippen molar-refractivity contribution in [3.8, 4) is 22.1 Å². The number of ether oxygens (including phenoxy) is 1. The average molecular weight is 495 g/mol. The molecule has 2 heterocycles. The van der Waals surface area contributed by atoms with Crippen LogP contribution in [0, 0.1) is 0 Å². The summed E-state index contributed by atoms with van der Waals surface area (Å²) < 4.78 is 7.96. The molecule has 2 aromatic heterocycles. The molecule has 1 aliphatic carbocycles. The standard InChI is InChI=1S/C16H8BrCl3N2O3S/c17-11-7-2-3-8-12(13(7)26-14(11)20)22(21-15(8)25-16(23)24)10-4-1-6(18)5-9(10)19/h1,4-5H,2-3H2,(H,23,24). The molecule has 0 saturated carbocycles. The second-order valence-corrected chi connectivity index (χ2v) is 8.76. The molecule has 0 bridgehead atoms. The van der Waals surface area contributed by atoms with Gasteiger partial charge in [0.05, 0.1) is 25.8 Å². The number of hydrogen-bond acceptors (Lipinski definition) is 4. The van der Waals surface area contributed by atoms with Crippen molar-refractivity contribution < 1.29 is 14.6 Å². The molecule has 1 aliphatic rings. The Morgan fingerprint density at radius 3 is 2.69 bits per heavy atom. The van der Waals surface area contributed by atoms with Gasteiger partial charge in [-0.2, -0.15) is 0 Å². The summed E-state index contributed by atoms with van der Waals surface area (Å²) in [4.78, 5) is 12.0. The molecule has 0 aliphatic heterocycles. The summed E-state index contributed by atoms with van der Waals surface area (Å²) in [5, 5.41) is 14.3. The van der Waals surface area contributed by atoms with Crippen molar-refractivity contribution in [1.82, 2.24) is 9.78 Å². The highest BCUT2D eigenvalue weighted by molar-refractivity contribution is 9.10. The van der Waals surface area contributed by atoms with E-state index in [1.807, 2.05) is 0 Å². The number of nitrogens with zero attached hydrogens (tertiary/aromatic N) is 2. The smallest absolute Gasteiger partial charge is 0.449 e. The first-order valence-corrected chi connectivity index (χ1v) is 10.1. The minimum absolute atomic E-state index is 0.0461. The third-order valence-electron chi connectivity index (χ3n) is 4.01. The second-order valence-electron chi connectivity index (χ2n) is 5.51. The number of carbonyl (C=O) groups is 1. The molecule has 134 valence electrons. The van der Waals surface area contributed by atoms with Crippen LogP contribution < -0.4 is 4.74 Å². The molecular weight excluding hydrogens is 487 g/mol. The van der Waals surface area contributed by atoms with Crippen LogP contribution in [0.25, 0.3) is 16.3 Å². The van der Waals surface area contributed by atoms with Gasteiger partial charge in [0.2, 0.25) is 5.88 Å². The molecule has 1 N–H and O–H groups in total. The van der Waals surface area contributed by atoms with E-state index in [2.05, 4.69) is 21.0 Å². The van der Waals surface area contributed by atoms with Crippen LogP contribution in [-0.4, -0.2) is 21.0 Å². The average Bonchev–Trinajstić information content (AvgIpc) is 3.06. The lowest BCUT2D eigenvalue weighted by Crippen LogP contribution is -2.07. The summed E-state index contributed by atoms with van der Waals surface area (Å²) in [5.41, 5.74) is 3.06. The predicted octanol–water partition coefficient (Wildman–Crippen LogP) is 6.48. The molecule has 0 fully saturated rings. The lowest BCUT2D eigenvalue weighted by molar-refractivity contribution is 0.142. The van der Waals surface area contributed by atoms with Gasteiger partial charge in [0.25, 0.3) is 0 Å². The van der Waals surface area contributed by atoms with Crippen molar-refractivity contribution in [3.05, 3.63) is 48.2 Å². The second kappa shape index (κ2) is 6.73. The van der Waals surface area contributed by atoms with Gasteiger partial charge in [-0.25, -0.2) is 9.48 Å². The van der Waals surface area contributed by atoms with Gasteiger partial charge in [-0.15, -0.1) is 16.4 Å². The highest BCUT2D eigenvalue weighted by Gasteiger charge is 2.32. The number of carboxylic acid groups (broad SMARTS) is 1. The van der Waals surface area contributed by atoms with E-state index in [0.29, 0.717) is 38.5 Å². The minimum Gasteiger partial charge on any atom is -0.449 e. The van der Waals surface area contributed by atoms with E-state index in [9.17, 15) is 4.79 Å². The summed E-state index contributed by atoms with van der Waals surface area (Å²) in [6, 6.07) is 5.02. The Labute approximate surface area is 175 Å². The van der Waals surface area contributed by atoms with E-state index in [0.717, 1.165) is 20.6 Å². The zero-order valence-corrected chi connectivity index (χ0v) is 17.4. The Hall–Kier alpha value is -1.25. The van der Waals surface area contributed by atoms with Gasteiger partial charge in [0, 0.05) is 10.6 Å². The van der Waals surface area contributed by atoms with Crippen LogP contribution in [0.2, 0.25) is 14.4 Å². The van der Waals surface area contributed by atoms with Crippen molar-refractivity contribution in [3.63, 3.8) is 0 Å². The van der Waals surface area contributed by atoms with Crippen molar-refractivity contribution in [2.24, 2.45) is 0 Å². The number of benzene rings is 1. The van der Waals surface area contributed by atoms with Crippen LogP contribution in [-0.2, 0) is 12.8 Å². The number of hydrogen-bond donors (Lipinski definition) is 1. The molecule has 0 amide bonds. The summed E-state index contributed by atoms with van der Waals surface area (Å²) in [7, 11) is 0. The van der Waals surface area contributed by atoms with Gasteiger partial charge in [0.1, 0.15) is 4.34 Å². The summed E-state index contributed by atoms with van der Waals surface area (Å²) >= 11 is 23.6. The first kappa shape index (κ1) is 18.1. The lowest BCUT2D eigenvalue weighted by Gasteiger charge is -2.15. The summed E-state index contributed by atoms with van der Waals surface area (Å²) in [6.45, 7) is 0. The summed E-state index contributed by atoms with van der Waals surface area (Å²) in [5.74, 6) is 0.0461. The Morgan fingerprint density at radius 2 is 2.00 bits per heavy atom. The van der Waals surface area contributed by atoms with Crippen molar-refractivity contribution >= 4 is 68.2 Å². The van der Waals surface area contributed by atoms with E-state index < -0.39 is 6.16 Å². The highest BCUT2D eigenvalue weighted by Crippen LogP contribution is 2.49. The van der Waals surface area contributed by atoms with E-state index in [-0.39, 0.29) is 5.88 Å². The number of rotatable bonds is 2. The monoisotopic (exact) mass is 492 g/mol. The Morgan fingerprint density at radius 1 is 1.27 bits per heavy atom. The molecule has 0 unspecified atom stereocenters. The van der Waals surface area contributed by atoms with Crippen molar-refractivity contribution in [2.75, 3.05) is 0 Å². The maximum atomic E-state index is 11.1. The Balaban J connectivity index is 2.01. The van der Waals surface area contributed by atoms with Gasteiger partial charge >= 0.3 is 6.16 Å². The van der Waals surface area contributed by atoms with Gasteiger partial charge in [-0.3, -0.25) is 0 Å². The normalized spacial score (nSPS) is 12.6. The summed E-state index contributed by atoms with van der Waals surface area (Å²) in [6.07, 6.45) is -0.153. The molecule has 0 atom stereocenters. The fourth-order valence-corrected chi connectivity index (χ4v) is 5.59. The lowest BCUT2D eigenvalue weighted by atomic mass is 9.96. The van der Waals surface area contributed by atoms with E-state index in [1.54, 1.807) is 22.9 Å².